The number of esters is 3. The lowest BCUT2D eigenvalue weighted by Gasteiger charge is -2.31. The highest BCUT2D eigenvalue weighted by atomic mass is 16.5. The lowest BCUT2D eigenvalue weighted by atomic mass is 9.92. The predicted octanol–water partition coefficient (Wildman–Crippen LogP) is -0.296. The molecule has 0 aromatic heterocycles. The van der Waals surface area contributed by atoms with Gasteiger partial charge in [0.1, 0.15) is 0 Å². The molecule has 10 nitrogen and oxygen atoms in total. The third-order valence-electron chi connectivity index (χ3n) is 3.59. The van der Waals surface area contributed by atoms with Gasteiger partial charge in [-0.3, -0.25) is 14.4 Å². The number of methoxy groups -OCH3 is 3. The number of aliphatic hydroxyl groups excluding tert-OH is 1. The smallest absolute Gasteiger partial charge is 0.307 e. The van der Waals surface area contributed by atoms with Gasteiger partial charge in [0.05, 0.1) is 92.3 Å². The Morgan fingerprint density at radius 1 is 0.667 bits per heavy atom. The van der Waals surface area contributed by atoms with Crippen LogP contribution in [0.15, 0.2) is 0 Å². The molecular weight excluding hydrogens is 364 g/mol. The van der Waals surface area contributed by atoms with Gasteiger partial charge in [0.15, 0.2) is 0 Å². The summed E-state index contributed by atoms with van der Waals surface area (Å²) in [4.78, 5) is 33.4. The van der Waals surface area contributed by atoms with Gasteiger partial charge >= 0.3 is 17.9 Å². The highest BCUT2D eigenvalue weighted by Crippen LogP contribution is 2.19. The van der Waals surface area contributed by atoms with Crippen molar-refractivity contribution < 1.29 is 47.9 Å². The Labute approximate surface area is 159 Å². The van der Waals surface area contributed by atoms with Gasteiger partial charge in [0, 0.05) is 0 Å². The van der Waals surface area contributed by atoms with Gasteiger partial charge in [-0.2, -0.15) is 0 Å². The third kappa shape index (κ3) is 12.3. The molecule has 0 heterocycles. The fraction of sp³-hybridized carbons (Fsp3) is 0.824. The summed E-state index contributed by atoms with van der Waals surface area (Å²) in [6.07, 6.45) is 0.221. The zero-order valence-corrected chi connectivity index (χ0v) is 16.2. The average Bonchev–Trinajstić information content (AvgIpc) is 2.70. The number of hydrogen-bond donors (Lipinski definition) is 1. The highest BCUT2D eigenvalue weighted by molar-refractivity contribution is 5.69. The Kier molecular flexibility index (Phi) is 14.3. The molecule has 0 spiro atoms. The number of aliphatic hydroxyl groups is 1. The van der Waals surface area contributed by atoms with Crippen molar-refractivity contribution in [3.63, 3.8) is 0 Å². The Hall–Kier alpha value is -1.75. The van der Waals surface area contributed by atoms with Crippen LogP contribution in [0.2, 0.25) is 0 Å². The Balaban J connectivity index is 4.53. The minimum atomic E-state index is -0.914. The second-order valence-corrected chi connectivity index (χ2v) is 5.79. The first kappa shape index (κ1) is 25.2. The molecule has 1 N–H and O–H groups in total. The molecule has 158 valence electrons. The summed E-state index contributed by atoms with van der Waals surface area (Å²) >= 11 is 0. The van der Waals surface area contributed by atoms with Gasteiger partial charge in [-0.05, 0) is 0 Å². The summed E-state index contributed by atoms with van der Waals surface area (Å²) < 4.78 is 30.0. The Bertz CT molecular complexity index is 378. The van der Waals surface area contributed by atoms with Gasteiger partial charge in [-0.25, -0.2) is 0 Å². The van der Waals surface area contributed by atoms with Crippen molar-refractivity contribution in [2.45, 2.75) is 19.3 Å². The largest absolute Gasteiger partial charge is 0.469 e. The lowest BCUT2D eigenvalue weighted by molar-refractivity contribution is -0.143. The summed E-state index contributed by atoms with van der Waals surface area (Å²) in [6, 6.07) is 0. The van der Waals surface area contributed by atoms with Gasteiger partial charge in [-0.1, -0.05) is 0 Å². The summed E-state index contributed by atoms with van der Waals surface area (Å²) in [5.41, 5.74) is -0.914. The summed E-state index contributed by atoms with van der Waals surface area (Å²) in [5, 5.41) is 9.83. The van der Waals surface area contributed by atoms with Crippen molar-refractivity contribution in [3.8, 4) is 0 Å². The Morgan fingerprint density at radius 2 is 0.963 bits per heavy atom. The molecule has 0 amide bonds. The maximum atomic E-state index is 11.1. The van der Waals surface area contributed by atoms with Crippen LogP contribution < -0.4 is 0 Å². The number of carbonyl (C=O) groups excluding carboxylic acids is 3. The number of carbonyl (C=O) groups is 3. The molecule has 0 aromatic rings. The highest BCUT2D eigenvalue weighted by Gasteiger charge is 2.31. The second kappa shape index (κ2) is 15.3. The molecule has 0 radical (unpaired) electrons. The average molecular weight is 394 g/mol. The van der Waals surface area contributed by atoms with Gasteiger partial charge < -0.3 is 33.5 Å². The zero-order chi connectivity index (χ0) is 20.5. The van der Waals surface area contributed by atoms with Crippen molar-refractivity contribution >= 4 is 17.9 Å². The monoisotopic (exact) mass is 394 g/mol. The quantitative estimate of drug-likeness (QED) is 0.212. The number of hydrogen-bond acceptors (Lipinski definition) is 10. The van der Waals surface area contributed by atoms with Gasteiger partial charge in [-0.15, -0.1) is 0 Å². The SMILES string of the molecule is COC(=O)CCOCC(CO)(COCCC(=O)OC)COCCC(=O)OC. The molecule has 10 heteroatoms. The standard InChI is InChI=1S/C17H30O10/c1-22-14(19)4-7-25-11-17(10-18,12-26-8-5-15(20)23-2)13-27-9-6-16(21)24-3/h18H,4-13H2,1-3H3. The molecule has 27 heavy (non-hydrogen) atoms. The lowest BCUT2D eigenvalue weighted by Crippen LogP contribution is -2.41. The first-order valence-corrected chi connectivity index (χ1v) is 8.47. The summed E-state index contributed by atoms with van der Waals surface area (Å²) in [6.45, 7) is 0.169. The van der Waals surface area contributed by atoms with E-state index in [1.165, 1.54) is 21.3 Å². The van der Waals surface area contributed by atoms with E-state index in [0.29, 0.717) is 0 Å². The fourth-order valence-corrected chi connectivity index (χ4v) is 1.90. The zero-order valence-electron chi connectivity index (χ0n) is 16.2. The van der Waals surface area contributed by atoms with Crippen molar-refractivity contribution in [2.75, 3.05) is 67.6 Å². The summed E-state index contributed by atoms with van der Waals surface area (Å²) in [5.74, 6) is -1.23. The van der Waals surface area contributed by atoms with E-state index < -0.39 is 23.3 Å². The molecule has 0 rings (SSSR count). The fourth-order valence-electron chi connectivity index (χ4n) is 1.90. The first-order chi connectivity index (χ1) is 12.9. The number of rotatable bonds is 16. The van der Waals surface area contributed by atoms with E-state index in [-0.39, 0.29) is 65.5 Å². The minimum absolute atomic E-state index is 0.0525. The predicted molar refractivity (Wildman–Crippen MR) is 91.9 cm³/mol. The van der Waals surface area contributed by atoms with Gasteiger partial charge in [0.2, 0.25) is 0 Å². The molecular formula is C17H30O10. The minimum Gasteiger partial charge on any atom is -0.469 e. The maximum absolute atomic E-state index is 11.1. The molecule has 0 fully saturated rings. The molecule has 0 bridgehead atoms. The molecule has 0 aliphatic rings. The van der Waals surface area contributed by atoms with E-state index in [4.69, 9.17) is 14.2 Å². The van der Waals surface area contributed by atoms with Crippen molar-refractivity contribution in [3.05, 3.63) is 0 Å². The van der Waals surface area contributed by atoms with Crippen LogP contribution >= 0.6 is 0 Å². The molecule has 0 unspecified atom stereocenters. The number of ether oxygens (including phenoxy) is 6. The van der Waals surface area contributed by atoms with E-state index >= 15 is 0 Å². The van der Waals surface area contributed by atoms with E-state index in [0.717, 1.165) is 0 Å². The molecule has 0 aliphatic carbocycles. The Morgan fingerprint density at radius 3 is 1.19 bits per heavy atom. The summed E-state index contributed by atoms with van der Waals surface area (Å²) in [7, 11) is 3.85. The topological polar surface area (TPSA) is 127 Å². The molecule has 0 saturated heterocycles. The van der Waals surface area contributed by atoms with Crippen LogP contribution in [0.5, 0.6) is 0 Å². The van der Waals surface area contributed by atoms with E-state index in [9.17, 15) is 19.5 Å². The second-order valence-electron chi connectivity index (χ2n) is 5.79. The van der Waals surface area contributed by atoms with Crippen LogP contribution in [0, 0.1) is 5.41 Å². The van der Waals surface area contributed by atoms with Crippen LogP contribution in [0.1, 0.15) is 19.3 Å². The maximum Gasteiger partial charge on any atom is 0.307 e. The van der Waals surface area contributed by atoms with Crippen LogP contribution in [0.25, 0.3) is 0 Å². The van der Waals surface area contributed by atoms with E-state index in [1.807, 2.05) is 0 Å². The molecule has 0 aromatic carbocycles. The van der Waals surface area contributed by atoms with Crippen LogP contribution in [0.3, 0.4) is 0 Å². The van der Waals surface area contributed by atoms with Crippen LogP contribution in [-0.2, 0) is 42.8 Å². The van der Waals surface area contributed by atoms with Crippen molar-refractivity contribution in [1.29, 1.82) is 0 Å². The van der Waals surface area contributed by atoms with Gasteiger partial charge in [0.25, 0.3) is 0 Å². The molecule has 0 atom stereocenters. The molecule has 0 saturated carbocycles. The normalized spacial score (nSPS) is 11.1. The first-order valence-electron chi connectivity index (χ1n) is 8.47. The van der Waals surface area contributed by atoms with E-state index in [1.54, 1.807) is 0 Å². The van der Waals surface area contributed by atoms with E-state index in [2.05, 4.69) is 14.2 Å². The van der Waals surface area contributed by atoms with Crippen LogP contribution in [0.4, 0.5) is 0 Å². The van der Waals surface area contributed by atoms with Crippen LogP contribution in [-0.4, -0.2) is 90.6 Å². The van der Waals surface area contributed by atoms with Crippen molar-refractivity contribution in [2.24, 2.45) is 5.41 Å². The van der Waals surface area contributed by atoms with Crippen molar-refractivity contribution in [1.82, 2.24) is 0 Å². The third-order valence-corrected chi connectivity index (χ3v) is 3.59. The molecule has 0 aliphatic heterocycles.